The number of anilines is 1. The third-order valence-corrected chi connectivity index (χ3v) is 4.35. The average molecular weight is 299 g/mol. The maximum absolute atomic E-state index is 12.5. The summed E-state index contributed by atoms with van der Waals surface area (Å²) >= 11 is 1.73. The maximum atomic E-state index is 12.5. The van der Waals surface area contributed by atoms with Crippen LogP contribution in [0.2, 0.25) is 0 Å². The monoisotopic (exact) mass is 299 g/mol. The molecule has 0 aliphatic heterocycles. The summed E-state index contributed by atoms with van der Waals surface area (Å²) in [4.78, 5) is 13.5. The summed E-state index contributed by atoms with van der Waals surface area (Å²) in [5, 5.41) is 3.00. The fourth-order valence-electron chi connectivity index (χ4n) is 2.24. The van der Waals surface area contributed by atoms with Crippen molar-refractivity contribution in [1.82, 2.24) is 0 Å². The molecule has 0 unspecified atom stereocenters. The molecular formula is C18H21NOS. The molecule has 21 heavy (non-hydrogen) atoms. The number of hydrogen-bond donors (Lipinski definition) is 1. The van der Waals surface area contributed by atoms with E-state index in [1.54, 1.807) is 11.8 Å². The van der Waals surface area contributed by atoms with Crippen LogP contribution in [0, 0.1) is 13.8 Å². The first-order valence-electron chi connectivity index (χ1n) is 7.21. The lowest BCUT2D eigenvalue weighted by Gasteiger charge is -2.11. The van der Waals surface area contributed by atoms with Crippen molar-refractivity contribution < 1.29 is 4.79 Å². The third kappa shape index (κ3) is 4.36. The van der Waals surface area contributed by atoms with E-state index in [-0.39, 0.29) is 5.91 Å². The molecule has 2 aromatic rings. The predicted molar refractivity (Wildman–Crippen MR) is 91.3 cm³/mol. The van der Waals surface area contributed by atoms with E-state index in [0.29, 0.717) is 0 Å². The van der Waals surface area contributed by atoms with Gasteiger partial charge in [0, 0.05) is 10.6 Å². The van der Waals surface area contributed by atoms with Crippen LogP contribution in [-0.2, 0) is 0 Å². The van der Waals surface area contributed by atoms with Crippen molar-refractivity contribution in [3.63, 3.8) is 0 Å². The largest absolute Gasteiger partial charge is 0.322 e. The normalized spacial score (nSPS) is 10.4. The lowest BCUT2D eigenvalue weighted by atomic mass is 10.1. The summed E-state index contributed by atoms with van der Waals surface area (Å²) in [6, 6.07) is 13.9. The number of aryl methyl sites for hydroxylation is 2. The summed E-state index contributed by atoms with van der Waals surface area (Å²) in [6.45, 7) is 6.21. The van der Waals surface area contributed by atoms with E-state index in [1.807, 2.05) is 50.2 Å². The van der Waals surface area contributed by atoms with Gasteiger partial charge in [-0.2, -0.15) is 0 Å². The summed E-state index contributed by atoms with van der Waals surface area (Å²) in [5.74, 6) is 0.979. The molecule has 2 nitrogen and oxygen atoms in total. The fourth-order valence-corrected chi connectivity index (χ4v) is 3.15. The standard InChI is InChI=1S/C18H21NOS/c1-4-9-21-17-8-6-5-7-16(17)18(20)19-15-11-13(2)10-14(3)12-15/h5-8,10-12H,4,9H2,1-3H3,(H,19,20). The molecule has 0 radical (unpaired) electrons. The molecule has 1 N–H and O–H groups in total. The second-order valence-corrected chi connectivity index (χ2v) is 6.31. The highest BCUT2D eigenvalue weighted by Crippen LogP contribution is 2.24. The summed E-state index contributed by atoms with van der Waals surface area (Å²) < 4.78 is 0. The highest BCUT2D eigenvalue weighted by atomic mass is 32.2. The van der Waals surface area contributed by atoms with Gasteiger partial charge in [0.2, 0.25) is 0 Å². The van der Waals surface area contributed by atoms with Crippen LogP contribution in [0.15, 0.2) is 47.4 Å². The number of thioether (sulfide) groups is 1. The van der Waals surface area contributed by atoms with E-state index in [9.17, 15) is 4.79 Å². The van der Waals surface area contributed by atoms with Crippen molar-refractivity contribution in [2.24, 2.45) is 0 Å². The molecule has 0 aliphatic rings. The molecule has 0 bridgehead atoms. The molecular weight excluding hydrogens is 278 g/mol. The minimum atomic E-state index is -0.0424. The fraction of sp³-hybridized carbons (Fsp3) is 0.278. The average Bonchev–Trinajstić information content (AvgIpc) is 2.44. The van der Waals surface area contributed by atoms with Gasteiger partial charge in [-0.15, -0.1) is 11.8 Å². The minimum Gasteiger partial charge on any atom is -0.322 e. The molecule has 0 saturated carbocycles. The lowest BCUT2D eigenvalue weighted by Crippen LogP contribution is -2.13. The predicted octanol–water partition coefficient (Wildman–Crippen LogP) is 5.06. The summed E-state index contributed by atoms with van der Waals surface area (Å²) in [5.41, 5.74) is 3.90. The van der Waals surface area contributed by atoms with E-state index >= 15 is 0 Å². The van der Waals surface area contributed by atoms with Crippen LogP contribution >= 0.6 is 11.8 Å². The SMILES string of the molecule is CCCSc1ccccc1C(=O)Nc1cc(C)cc(C)c1. The van der Waals surface area contributed by atoms with Gasteiger partial charge in [-0.1, -0.05) is 25.1 Å². The Kier molecular flexibility index (Phi) is 5.45. The molecule has 3 heteroatoms. The van der Waals surface area contributed by atoms with Crippen molar-refractivity contribution in [1.29, 1.82) is 0 Å². The Balaban J connectivity index is 2.20. The van der Waals surface area contributed by atoms with Crippen molar-refractivity contribution >= 4 is 23.4 Å². The van der Waals surface area contributed by atoms with Crippen LogP contribution in [0.1, 0.15) is 34.8 Å². The number of nitrogens with one attached hydrogen (secondary N) is 1. The van der Waals surface area contributed by atoms with Crippen LogP contribution in [0.4, 0.5) is 5.69 Å². The van der Waals surface area contributed by atoms with Crippen LogP contribution in [0.5, 0.6) is 0 Å². The van der Waals surface area contributed by atoms with Crippen molar-refractivity contribution in [3.05, 3.63) is 59.2 Å². The van der Waals surface area contributed by atoms with Crippen molar-refractivity contribution in [2.75, 3.05) is 11.1 Å². The summed E-state index contributed by atoms with van der Waals surface area (Å²) in [7, 11) is 0. The van der Waals surface area contributed by atoms with E-state index in [4.69, 9.17) is 0 Å². The highest BCUT2D eigenvalue weighted by molar-refractivity contribution is 7.99. The number of carbonyl (C=O) groups is 1. The molecule has 0 atom stereocenters. The van der Waals surface area contributed by atoms with E-state index in [1.165, 1.54) is 0 Å². The van der Waals surface area contributed by atoms with Gasteiger partial charge in [-0.25, -0.2) is 0 Å². The molecule has 2 rings (SSSR count). The number of carbonyl (C=O) groups excluding carboxylic acids is 1. The lowest BCUT2D eigenvalue weighted by molar-refractivity contribution is 0.102. The van der Waals surface area contributed by atoms with E-state index in [0.717, 1.165) is 39.4 Å². The third-order valence-electron chi connectivity index (χ3n) is 3.07. The number of benzene rings is 2. The molecule has 110 valence electrons. The molecule has 0 spiro atoms. The van der Waals surface area contributed by atoms with E-state index in [2.05, 4.69) is 18.3 Å². The van der Waals surface area contributed by atoms with Crippen LogP contribution < -0.4 is 5.32 Å². The molecule has 0 heterocycles. The Morgan fingerprint density at radius 2 is 1.76 bits per heavy atom. The zero-order chi connectivity index (χ0) is 15.2. The molecule has 0 aliphatic carbocycles. The van der Waals surface area contributed by atoms with Crippen LogP contribution in [0.25, 0.3) is 0 Å². The summed E-state index contributed by atoms with van der Waals surface area (Å²) in [6.07, 6.45) is 1.09. The van der Waals surface area contributed by atoms with Gasteiger partial charge >= 0.3 is 0 Å². The van der Waals surface area contributed by atoms with Gasteiger partial charge in [0.05, 0.1) is 5.56 Å². The van der Waals surface area contributed by atoms with Gasteiger partial charge < -0.3 is 5.32 Å². The second kappa shape index (κ2) is 7.32. The molecule has 0 saturated heterocycles. The Labute approximate surface area is 131 Å². The van der Waals surface area contributed by atoms with Crippen LogP contribution in [0.3, 0.4) is 0 Å². The molecule has 0 aromatic heterocycles. The van der Waals surface area contributed by atoms with Gasteiger partial charge in [0.1, 0.15) is 0 Å². The van der Waals surface area contributed by atoms with Crippen LogP contribution in [-0.4, -0.2) is 11.7 Å². The number of amides is 1. The topological polar surface area (TPSA) is 29.1 Å². The van der Waals surface area contributed by atoms with E-state index < -0.39 is 0 Å². The number of hydrogen-bond acceptors (Lipinski definition) is 2. The first kappa shape index (κ1) is 15.6. The smallest absolute Gasteiger partial charge is 0.256 e. The molecule has 2 aromatic carbocycles. The van der Waals surface area contributed by atoms with Gasteiger partial charge in [0.25, 0.3) is 5.91 Å². The van der Waals surface area contributed by atoms with Crippen molar-refractivity contribution in [3.8, 4) is 0 Å². The van der Waals surface area contributed by atoms with Crippen molar-refractivity contribution in [2.45, 2.75) is 32.1 Å². The Morgan fingerprint density at radius 3 is 2.43 bits per heavy atom. The quantitative estimate of drug-likeness (QED) is 0.782. The molecule has 1 amide bonds. The Bertz CT molecular complexity index is 617. The highest BCUT2D eigenvalue weighted by Gasteiger charge is 2.11. The molecule has 0 fully saturated rings. The number of rotatable bonds is 5. The zero-order valence-corrected chi connectivity index (χ0v) is 13.6. The van der Waals surface area contributed by atoms with Gasteiger partial charge in [-0.3, -0.25) is 4.79 Å². The Morgan fingerprint density at radius 1 is 1.10 bits per heavy atom. The second-order valence-electron chi connectivity index (χ2n) is 5.18. The maximum Gasteiger partial charge on any atom is 0.256 e. The first-order chi connectivity index (χ1) is 10.1. The van der Waals surface area contributed by atoms with Gasteiger partial charge in [0.15, 0.2) is 0 Å². The zero-order valence-electron chi connectivity index (χ0n) is 12.8. The Hall–Kier alpha value is -1.74. The minimum absolute atomic E-state index is 0.0424. The van der Waals surface area contributed by atoms with Gasteiger partial charge in [-0.05, 0) is 61.4 Å². The first-order valence-corrected chi connectivity index (χ1v) is 8.20.